The van der Waals surface area contributed by atoms with Crippen LogP contribution in [-0.2, 0) is 19.1 Å². The molecule has 1 N–H and O–H groups in total. The Hall–Kier alpha value is -2.13. The molecule has 6 rings (SSSR count). The summed E-state index contributed by atoms with van der Waals surface area (Å²) in [5.74, 6) is 2.66. The zero-order valence-electron chi connectivity index (χ0n) is 20.4. The van der Waals surface area contributed by atoms with Gasteiger partial charge in [0.2, 0.25) is 0 Å². The molecule has 4 fully saturated rings. The van der Waals surface area contributed by atoms with E-state index in [4.69, 9.17) is 9.47 Å². The molecule has 0 aromatic heterocycles. The highest BCUT2D eigenvalue weighted by Gasteiger charge is 2.60. The molecule has 2 aliphatic heterocycles. The van der Waals surface area contributed by atoms with Crippen molar-refractivity contribution in [1.82, 2.24) is 5.32 Å². The summed E-state index contributed by atoms with van der Waals surface area (Å²) in [6.45, 7) is 8.75. The highest BCUT2D eigenvalue weighted by molar-refractivity contribution is 14.1. The summed E-state index contributed by atoms with van der Waals surface area (Å²) in [5, 5.41) is 3.24. The van der Waals surface area contributed by atoms with Crippen LogP contribution in [0.2, 0.25) is 0 Å². The molecule has 0 amide bonds. The number of nitrogens with zero attached hydrogens (tertiary/aromatic N) is 1. The highest BCUT2D eigenvalue weighted by atomic mass is 127. The molecule has 2 saturated heterocycles. The van der Waals surface area contributed by atoms with E-state index in [-0.39, 0.29) is 23.8 Å². The van der Waals surface area contributed by atoms with Crippen LogP contribution in [0.3, 0.4) is 0 Å². The number of piperidine rings is 2. The molecule has 0 bridgehead atoms. The van der Waals surface area contributed by atoms with Gasteiger partial charge in [-0.1, -0.05) is 36.4 Å². The Kier molecular flexibility index (Phi) is 9.05. The normalized spacial score (nSPS) is 28.8. The van der Waals surface area contributed by atoms with Crippen LogP contribution in [0.5, 0.6) is 0 Å². The molecule has 2 aromatic carbocycles. The van der Waals surface area contributed by atoms with E-state index in [1.807, 2.05) is 38.1 Å². The van der Waals surface area contributed by atoms with E-state index < -0.39 is 0 Å². The number of carbonyl (C=O) groups is 2. The first-order valence-electron chi connectivity index (χ1n) is 12.6. The van der Waals surface area contributed by atoms with E-state index in [0.29, 0.717) is 36.9 Å². The van der Waals surface area contributed by atoms with Gasteiger partial charge >= 0.3 is 11.9 Å². The molecule has 4 aliphatic rings. The Bertz CT molecular complexity index is 951. The first kappa shape index (κ1) is 25.9. The topological polar surface area (TPSA) is 67.9 Å². The van der Waals surface area contributed by atoms with Gasteiger partial charge in [0.05, 0.1) is 25.0 Å². The SMILES string of the molecule is CCOC(=O)C1[C@H]2CN(c3ccccc3)C[C@@H]12.CCOC(=O)C1[C@H]2CNC[C@@H]12.Ic1ccccc1. The van der Waals surface area contributed by atoms with Crippen molar-refractivity contribution in [3.8, 4) is 0 Å². The van der Waals surface area contributed by atoms with Crippen LogP contribution in [0.25, 0.3) is 0 Å². The molecule has 2 saturated carbocycles. The van der Waals surface area contributed by atoms with Crippen molar-refractivity contribution in [3.63, 3.8) is 0 Å². The predicted octanol–water partition coefficient (Wildman–Crippen LogP) is 4.24. The second-order valence-corrected chi connectivity index (χ2v) is 10.7. The molecule has 7 heteroatoms. The summed E-state index contributed by atoms with van der Waals surface area (Å²) < 4.78 is 11.3. The molecular weight excluding hydrogens is 555 g/mol. The van der Waals surface area contributed by atoms with E-state index in [1.165, 1.54) is 9.26 Å². The van der Waals surface area contributed by atoms with Gasteiger partial charge in [-0.25, -0.2) is 0 Å². The Balaban J connectivity index is 0.000000137. The molecule has 6 atom stereocenters. The molecule has 2 heterocycles. The Morgan fingerprint density at radius 2 is 1.26 bits per heavy atom. The minimum absolute atomic E-state index is 0.00946. The average Bonchev–Trinajstić information content (AvgIpc) is 3.59. The largest absolute Gasteiger partial charge is 0.466 e. The fraction of sp³-hybridized carbons (Fsp3) is 0.500. The van der Waals surface area contributed by atoms with Crippen LogP contribution in [0.15, 0.2) is 60.7 Å². The van der Waals surface area contributed by atoms with Crippen LogP contribution < -0.4 is 10.2 Å². The molecule has 0 radical (unpaired) electrons. The average molecular weight is 591 g/mol. The van der Waals surface area contributed by atoms with Gasteiger partial charge in [-0.05, 0) is 97.5 Å². The maximum absolute atomic E-state index is 11.6. The number of halogens is 1. The van der Waals surface area contributed by atoms with E-state index in [1.54, 1.807) is 0 Å². The number of hydrogen-bond acceptors (Lipinski definition) is 6. The number of esters is 2. The molecule has 6 nitrogen and oxygen atoms in total. The minimum atomic E-state index is 0.00946. The predicted molar refractivity (Wildman–Crippen MR) is 145 cm³/mol. The summed E-state index contributed by atoms with van der Waals surface area (Å²) in [6.07, 6.45) is 0. The number of ether oxygens (including phenoxy) is 2. The smallest absolute Gasteiger partial charge is 0.309 e. The van der Waals surface area contributed by atoms with E-state index in [0.717, 1.165) is 26.2 Å². The van der Waals surface area contributed by atoms with Crippen molar-refractivity contribution in [2.24, 2.45) is 35.5 Å². The zero-order valence-corrected chi connectivity index (χ0v) is 22.6. The molecule has 0 spiro atoms. The fourth-order valence-electron chi connectivity index (χ4n) is 5.39. The second kappa shape index (κ2) is 12.2. The van der Waals surface area contributed by atoms with Gasteiger partial charge in [-0.15, -0.1) is 0 Å². The summed E-state index contributed by atoms with van der Waals surface area (Å²) in [6, 6.07) is 20.6. The van der Waals surface area contributed by atoms with Crippen molar-refractivity contribution >= 4 is 40.2 Å². The van der Waals surface area contributed by atoms with Crippen molar-refractivity contribution in [2.75, 3.05) is 44.3 Å². The summed E-state index contributed by atoms with van der Waals surface area (Å²) in [7, 11) is 0. The van der Waals surface area contributed by atoms with Gasteiger partial charge in [-0.3, -0.25) is 9.59 Å². The second-order valence-electron chi connectivity index (χ2n) is 9.41. The third kappa shape index (κ3) is 6.55. The third-order valence-corrected chi connectivity index (χ3v) is 7.98. The Morgan fingerprint density at radius 3 is 1.69 bits per heavy atom. The van der Waals surface area contributed by atoms with Gasteiger partial charge < -0.3 is 19.7 Å². The van der Waals surface area contributed by atoms with Crippen LogP contribution >= 0.6 is 22.6 Å². The lowest BCUT2D eigenvalue weighted by atomic mass is 10.2. The number of hydrogen-bond donors (Lipinski definition) is 1. The Morgan fingerprint density at radius 1 is 0.800 bits per heavy atom. The molecule has 2 unspecified atom stereocenters. The maximum atomic E-state index is 11.6. The van der Waals surface area contributed by atoms with Gasteiger partial charge in [0.1, 0.15) is 0 Å². The van der Waals surface area contributed by atoms with Crippen molar-refractivity contribution in [2.45, 2.75) is 13.8 Å². The van der Waals surface area contributed by atoms with E-state index >= 15 is 0 Å². The number of benzene rings is 2. The van der Waals surface area contributed by atoms with Crippen LogP contribution in [-0.4, -0.2) is 51.3 Å². The fourth-order valence-corrected chi connectivity index (χ4v) is 5.80. The molecule has 188 valence electrons. The minimum Gasteiger partial charge on any atom is -0.466 e. The van der Waals surface area contributed by atoms with Crippen LogP contribution in [0.1, 0.15) is 13.8 Å². The third-order valence-electron chi connectivity index (χ3n) is 7.26. The highest BCUT2D eigenvalue weighted by Crippen LogP contribution is 2.53. The van der Waals surface area contributed by atoms with Gasteiger partial charge in [0.15, 0.2) is 0 Å². The first-order chi connectivity index (χ1) is 17.0. The summed E-state index contributed by atoms with van der Waals surface area (Å²) >= 11 is 2.28. The Labute approximate surface area is 221 Å². The molecule has 2 aromatic rings. The van der Waals surface area contributed by atoms with E-state index in [9.17, 15) is 9.59 Å². The lowest BCUT2D eigenvalue weighted by Gasteiger charge is -2.21. The molecule has 2 aliphatic carbocycles. The lowest BCUT2D eigenvalue weighted by Crippen LogP contribution is -2.26. The van der Waals surface area contributed by atoms with Crippen molar-refractivity contribution < 1.29 is 19.1 Å². The number of rotatable bonds is 5. The monoisotopic (exact) mass is 590 g/mol. The number of carbonyl (C=O) groups excluding carboxylic acids is 2. The van der Waals surface area contributed by atoms with Gasteiger partial charge in [-0.2, -0.15) is 0 Å². The molecular formula is C28H35IN2O4. The number of nitrogens with one attached hydrogen (secondary N) is 1. The van der Waals surface area contributed by atoms with Gasteiger partial charge in [0, 0.05) is 22.3 Å². The van der Waals surface area contributed by atoms with Crippen LogP contribution in [0, 0.1) is 39.1 Å². The summed E-state index contributed by atoms with van der Waals surface area (Å²) in [4.78, 5) is 25.2. The standard InChI is InChI=1S/C14H17NO2.C8H13NO2.C6H5I/c1-2-17-14(16)13-11-8-15(9-12(11)13)10-6-4-3-5-7-10;1-2-11-8(10)7-5-3-9-4-6(5)7;7-6-4-2-1-3-5-6/h3-7,11-13H,2,8-9H2,1H3;5-7,9H,2-4H2,1H3;1-5H/t11-,12+,13?;5-,6+,7?;. The number of para-hydroxylation sites is 1. The first-order valence-corrected chi connectivity index (χ1v) is 13.7. The quantitative estimate of drug-likeness (QED) is 0.416. The van der Waals surface area contributed by atoms with Crippen molar-refractivity contribution in [3.05, 3.63) is 64.2 Å². The number of anilines is 1. The van der Waals surface area contributed by atoms with Gasteiger partial charge in [0.25, 0.3) is 0 Å². The zero-order chi connectivity index (χ0) is 24.8. The lowest BCUT2D eigenvalue weighted by molar-refractivity contribution is -0.146. The van der Waals surface area contributed by atoms with Crippen molar-refractivity contribution in [1.29, 1.82) is 0 Å². The van der Waals surface area contributed by atoms with E-state index in [2.05, 4.69) is 69.2 Å². The molecule has 35 heavy (non-hydrogen) atoms. The maximum Gasteiger partial charge on any atom is 0.309 e. The summed E-state index contributed by atoms with van der Waals surface area (Å²) in [5.41, 5.74) is 1.27. The number of fused-ring (bicyclic) bond motifs is 2. The van der Waals surface area contributed by atoms with Crippen LogP contribution in [0.4, 0.5) is 5.69 Å².